The fourth-order valence-corrected chi connectivity index (χ4v) is 2.44. The minimum Gasteiger partial charge on any atom is -0.478 e. The number of nitrogen functional groups attached to an aromatic ring is 1. The van der Waals surface area contributed by atoms with E-state index < -0.39 is 5.97 Å². The molecule has 0 aliphatic carbocycles. The molecule has 5 nitrogen and oxygen atoms in total. The van der Waals surface area contributed by atoms with Gasteiger partial charge in [-0.25, -0.2) is 4.79 Å². The standard InChI is InChI=1S/C14H20N2O3/c1-14(2)8-10(5-6-19-14)16-12-7-9(15)3-4-11(12)13(17)18/h3-4,7,10,16H,5-6,8,15H2,1-2H3,(H,17,18). The monoisotopic (exact) mass is 264 g/mol. The van der Waals surface area contributed by atoms with Crippen LogP contribution in [-0.4, -0.2) is 29.3 Å². The number of anilines is 2. The molecule has 1 atom stereocenters. The van der Waals surface area contributed by atoms with Crippen LogP contribution in [0.3, 0.4) is 0 Å². The first-order valence-corrected chi connectivity index (χ1v) is 6.41. The molecule has 0 radical (unpaired) electrons. The summed E-state index contributed by atoms with van der Waals surface area (Å²) in [5, 5.41) is 12.5. The predicted octanol–water partition coefficient (Wildman–Crippen LogP) is 2.34. The molecule has 0 bridgehead atoms. The lowest BCUT2D eigenvalue weighted by Gasteiger charge is -2.36. The van der Waals surface area contributed by atoms with Crippen molar-refractivity contribution in [3.8, 4) is 0 Å². The highest BCUT2D eigenvalue weighted by Gasteiger charge is 2.29. The third-order valence-electron chi connectivity index (χ3n) is 3.33. The third-order valence-corrected chi connectivity index (χ3v) is 3.33. The summed E-state index contributed by atoms with van der Waals surface area (Å²) in [5.41, 5.74) is 6.93. The predicted molar refractivity (Wildman–Crippen MR) is 74.5 cm³/mol. The van der Waals surface area contributed by atoms with Crippen molar-refractivity contribution in [2.75, 3.05) is 17.7 Å². The molecule has 1 fully saturated rings. The molecular weight excluding hydrogens is 244 g/mol. The molecule has 0 aromatic heterocycles. The van der Waals surface area contributed by atoms with Crippen LogP contribution in [0.1, 0.15) is 37.0 Å². The average molecular weight is 264 g/mol. The van der Waals surface area contributed by atoms with Gasteiger partial charge in [-0.1, -0.05) is 0 Å². The van der Waals surface area contributed by atoms with Gasteiger partial charge in [0.25, 0.3) is 0 Å². The van der Waals surface area contributed by atoms with Crippen molar-refractivity contribution in [3.63, 3.8) is 0 Å². The van der Waals surface area contributed by atoms with Gasteiger partial charge in [-0.2, -0.15) is 0 Å². The largest absolute Gasteiger partial charge is 0.478 e. The van der Waals surface area contributed by atoms with Gasteiger partial charge in [-0.15, -0.1) is 0 Å². The van der Waals surface area contributed by atoms with Crippen molar-refractivity contribution in [1.29, 1.82) is 0 Å². The first-order chi connectivity index (χ1) is 8.87. The number of benzene rings is 1. The fourth-order valence-electron chi connectivity index (χ4n) is 2.44. The van der Waals surface area contributed by atoms with Crippen molar-refractivity contribution in [3.05, 3.63) is 23.8 Å². The number of carboxylic acids is 1. The first-order valence-electron chi connectivity index (χ1n) is 6.41. The van der Waals surface area contributed by atoms with Gasteiger partial charge in [0.2, 0.25) is 0 Å². The van der Waals surface area contributed by atoms with Crippen LogP contribution in [0.15, 0.2) is 18.2 Å². The van der Waals surface area contributed by atoms with Crippen molar-refractivity contribution in [1.82, 2.24) is 0 Å². The van der Waals surface area contributed by atoms with E-state index in [0.29, 0.717) is 18.0 Å². The lowest BCUT2D eigenvalue weighted by molar-refractivity contribution is -0.0553. The lowest BCUT2D eigenvalue weighted by atomic mass is 9.93. The number of carbonyl (C=O) groups is 1. The van der Waals surface area contributed by atoms with Crippen molar-refractivity contribution in [2.24, 2.45) is 0 Å². The summed E-state index contributed by atoms with van der Waals surface area (Å²) in [6.45, 7) is 4.76. The molecule has 0 saturated carbocycles. The highest BCUT2D eigenvalue weighted by molar-refractivity contribution is 5.95. The summed E-state index contributed by atoms with van der Waals surface area (Å²) in [5.74, 6) is -0.950. The number of ether oxygens (including phenoxy) is 1. The van der Waals surface area contributed by atoms with Crippen molar-refractivity contribution >= 4 is 17.3 Å². The van der Waals surface area contributed by atoms with Crippen LogP contribution in [0, 0.1) is 0 Å². The number of nitrogens with one attached hydrogen (secondary N) is 1. The van der Waals surface area contributed by atoms with Crippen molar-refractivity contribution in [2.45, 2.75) is 38.3 Å². The maximum absolute atomic E-state index is 11.2. The smallest absolute Gasteiger partial charge is 0.337 e. The Morgan fingerprint density at radius 1 is 1.53 bits per heavy atom. The molecular formula is C14H20N2O3. The SMILES string of the molecule is CC1(C)CC(Nc2cc(N)ccc2C(=O)O)CCO1. The summed E-state index contributed by atoms with van der Waals surface area (Å²) in [6, 6.07) is 5.00. The second-order valence-corrected chi connectivity index (χ2v) is 5.55. The van der Waals surface area contributed by atoms with E-state index in [0.717, 1.165) is 12.8 Å². The van der Waals surface area contributed by atoms with Gasteiger partial charge in [0.05, 0.1) is 16.9 Å². The summed E-state index contributed by atoms with van der Waals surface area (Å²) >= 11 is 0. The number of hydrogen-bond donors (Lipinski definition) is 3. The maximum atomic E-state index is 11.2. The summed E-state index contributed by atoms with van der Waals surface area (Å²) in [7, 11) is 0. The molecule has 1 aromatic rings. The first kappa shape index (κ1) is 13.7. The van der Waals surface area contributed by atoms with Gasteiger partial charge < -0.3 is 20.9 Å². The van der Waals surface area contributed by atoms with E-state index in [4.69, 9.17) is 10.5 Å². The normalized spacial score (nSPS) is 21.9. The van der Waals surface area contributed by atoms with Crippen LogP contribution in [0.2, 0.25) is 0 Å². The molecule has 1 heterocycles. The van der Waals surface area contributed by atoms with Crippen molar-refractivity contribution < 1.29 is 14.6 Å². The molecule has 104 valence electrons. The Labute approximate surface area is 112 Å². The van der Waals surface area contributed by atoms with Gasteiger partial charge in [0.15, 0.2) is 0 Å². The Balaban J connectivity index is 2.18. The number of hydrogen-bond acceptors (Lipinski definition) is 4. The van der Waals surface area contributed by atoms with Gasteiger partial charge >= 0.3 is 5.97 Å². The Morgan fingerprint density at radius 3 is 2.89 bits per heavy atom. The maximum Gasteiger partial charge on any atom is 0.337 e. The Kier molecular flexibility index (Phi) is 3.66. The molecule has 1 aliphatic rings. The van der Waals surface area contributed by atoms with E-state index in [1.165, 1.54) is 6.07 Å². The molecule has 2 rings (SSSR count). The number of nitrogens with two attached hydrogens (primary N) is 1. The Morgan fingerprint density at radius 2 is 2.26 bits per heavy atom. The van der Waals surface area contributed by atoms with Gasteiger partial charge in [-0.3, -0.25) is 0 Å². The number of aromatic carboxylic acids is 1. The molecule has 1 aliphatic heterocycles. The van der Waals surface area contributed by atoms with E-state index in [-0.39, 0.29) is 17.2 Å². The zero-order chi connectivity index (χ0) is 14.0. The molecule has 0 amide bonds. The highest BCUT2D eigenvalue weighted by atomic mass is 16.5. The fraction of sp³-hybridized carbons (Fsp3) is 0.500. The topological polar surface area (TPSA) is 84.6 Å². The molecule has 0 spiro atoms. The van der Waals surface area contributed by atoms with Crippen LogP contribution in [0.4, 0.5) is 11.4 Å². The van der Waals surface area contributed by atoms with Crippen LogP contribution < -0.4 is 11.1 Å². The molecule has 19 heavy (non-hydrogen) atoms. The van der Waals surface area contributed by atoms with E-state index in [1.807, 2.05) is 13.8 Å². The van der Waals surface area contributed by atoms with Gasteiger partial charge in [-0.05, 0) is 44.9 Å². The van der Waals surface area contributed by atoms with E-state index >= 15 is 0 Å². The molecule has 1 saturated heterocycles. The summed E-state index contributed by atoms with van der Waals surface area (Å²) in [4.78, 5) is 11.2. The zero-order valence-corrected chi connectivity index (χ0v) is 11.3. The number of carboxylic acid groups (broad SMARTS) is 1. The van der Waals surface area contributed by atoms with Crippen LogP contribution in [0.5, 0.6) is 0 Å². The van der Waals surface area contributed by atoms with E-state index in [9.17, 15) is 9.90 Å². The highest BCUT2D eigenvalue weighted by Crippen LogP contribution is 2.28. The molecule has 5 heteroatoms. The molecule has 1 aromatic carbocycles. The minimum atomic E-state index is -0.950. The number of rotatable bonds is 3. The minimum absolute atomic E-state index is 0.181. The lowest BCUT2D eigenvalue weighted by Crippen LogP contribution is -2.40. The summed E-state index contributed by atoms with van der Waals surface area (Å²) < 4.78 is 5.65. The Bertz CT molecular complexity index is 486. The quantitative estimate of drug-likeness (QED) is 0.730. The molecule has 1 unspecified atom stereocenters. The molecule has 4 N–H and O–H groups in total. The van der Waals surface area contributed by atoms with Crippen LogP contribution >= 0.6 is 0 Å². The van der Waals surface area contributed by atoms with E-state index in [1.54, 1.807) is 12.1 Å². The second kappa shape index (κ2) is 5.09. The third kappa shape index (κ3) is 3.38. The Hall–Kier alpha value is -1.75. The second-order valence-electron chi connectivity index (χ2n) is 5.55. The zero-order valence-electron chi connectivity index (χ0n) is 11.3. The summed E-state index contributed by atoms with van der Waals surface area (Å²) in [6.07, 6.45) is 1.69. The van der Waals surface area contributed by atoms with Crippen LogP contribution in [-0.2, 0) is 4.74 Å². The van der Waals surface area contributed by atoms with Gasteiger partial charge in [0.1, 0.15) is 0 Å². The van der Waals surface area contributed by atoms with E-state index in [2.05, 4.69) is 5.32 Å². The van der Waals surface area contributed by atoms with Gasteiger partial charge in [0, 0.05) is 18.3 Å². The average Bonchev–Trinajstić information content (AvgIpc) is 2.27. The van der Waals surface area contributed by atoms with Crippen LogP contribution in [0.25, 0.3) is 0 Å².